The van der Waals surface area contributed by atoms with Crippen molar-refractivity contribution in [3.8, 4) is 0 Å². The normalized spacial score (nSPS) is 20.4. The highest BCUT2D eigenvalue weighted by atomic mass is 17.1. The monoisotopic (exact) mass is 345 g/mol. The third-order valence-electron chi connectivity index (χ3n) is 4.56. The summed E-state index contributed by atoms with van der Waals surface area (Å²) in [6.07, 6.45) is 10.4. The smallest absolute Gasteiger partial charge is 0.147 e. The van der Waals surface area contributed by atoms with Crippen molar-refractivity contribution in [3.05, 3.63) is 0 Å². The molecule has 0 spiro atoms. The fourth-order valence-corrected chi connectivity index (χ4v) is 3.80. The maximum atomic E-state index is 8.22. The predicted octanol–water partition coefficient (Wildman–Crippen LogP) is 4.51. The van der Waals surface area contributed by atoms with Crippen molar-refractivity contribution in [3.63, 3.8) is 0 Å². The summed E-state index contributed by atoms with van der Waals surface area (Å²) in [5.41, 5.74) is 0.242. The molecule has 144 valence electrons. The minimum atomic E-state index is 0.121. The van der Waals surface area contributed by atoms with Crippen LogP contribution in [0.15, 0.2) is 0 Å². The average molecular weight is 346 g/mol. The first kappa shape index (κ1) is 21.8. The minimum Gasteiger partial charge on any atom is -0.355 e. The van der Waals surface area contributed by atoms with Gasteiger partial charge < -0.3 is 14.8 Å². The van der Waals surface area contributed by atoms with Crippen molar-refractivity contribution in [2.75, 3.05) is 20.0 Å². The molecular weight excluding hydrogens is 306 g/mol. The Kier molecular flexibility index (Phi) is 10.4. The van der Waals surface area contributed by atoms with Gasteiger partial charge in [0.2, 0.25) is 0 Å². The van der Waals surface area contributed by atoms with E-state index in [1.165, 1.54) is 25.7 Å². The van der Waals surface area contributed by atoms with Gasteiger partial charge in [-0.2, -0.15) is 0 Å². The van der Waals surface area contributed by atoms with Crippen LogP contribution in [0.25, 0.3) is 0 Å². The van der Waals surface area contributed by atoms with Crippen LogP contribution < -0.4 is 5.32 Å². The largest absolute Gasteiger partial charge is 0.355 e. The van der Waals surface area contributed by atoms with Crippen LogP contribution in [0.1, 0.15) is 85.5 Å². The number of rotatable bonds is 13. The molecule has 5 heteroatoms. The summed E-state index contributed by atoms with van der Waals surface area (Å²) in [5.74, 6) is 0. The van der Waals surface area contributed by atoms with Crippen molar-refractivity contribution < 1.29 is 19.6 Å². The molecule has 24 heavy (non-hydrogen) atoms. The van der Waals surface area contributed by atoms with Gasteiger partial charge in [0.15, 0.2) is 0 Å². The Labute approximate surface area is 148 Å². The average Bonchev–Trinajstić information content (AvgIpc) is 2.45. The van der Waals surface area contributed by atoms with Gasteiger partial charge in [-0.3, -0.25) is 5.26 Å². The first-order valence-electron chi connectivity index (χ1n) is 9.60. The lowest BCUT2D eigenvalue weighted by atomic mass is 9.81. The molecule has 1 fully saturated rings. The van der Waals surface area contributed by atoms with Crippen LogP contribution >= 0.6 is 0 Å². The van der Waals surface area contributed by atoms with Gasteiger partial charge in [0, 0.05) is 17.7 Å². The van der Waals surface area contributed by atoms with Crippen molar-refractivity contribution in [1.29, 1.82) is 0 Å². The van der Waals surface area contributed by atoms with Crippen LogP contribution in [-0.2, 0) is 14.4 Å². The Hall–Kier alpha value is -0.200. The molecule has 1 rings (SSSR count). The van der Waals surface area contributed by atoms with E-state index < -0.39 is 0 Å². The van der Waals surface area contributed by atoms with Crippen LogP contribution in [0.4, 0.5) is 0 Å². The summed E-state index contributed by atoms with van der Waals surface area (Å²) in [7, 11) is 0. The van der Waals surface area contributed by atoms with Gasteiger partial charge in [0.05, 0.1) is 12.7 Å². The van der Waals surface area contributed by atoms with Crippen molar-refractivity contribution >= 4 is 0 Å². The highest BCUT2D eigenvalue weighted by Crippen LogP contribution is 2.30. The third kappa shape index (κ3) is 10.6. The second kappa shape index (κ2) is 11.4. The first-order valence-corrected chi connectivity index (χ1v) is 9.60. The standard InChI is InChI=1S/C19H39NO4/c1-18(2)14-17(15-19(3,4)20-18)23-16-22-12-10-8-6-5-7-9-11-13-24-21/h17,20-21H,5-16H2,1-4H3. The lowest BCUT2D eigenvalue weighted by molar-refractivity contribution is -0.242. The molecule has 0 aliphatic carbocycles. The number of ether oxygens (including phenoxy) is 2. The molecule has 1 saturated heterocycles. The quantitative estimate of drug-likeness (QED) is 0.223. The zero-order valence-corrected chi connectivity index (χ0v) is 16.2. The topological polar surface area (TPSA) is 60.0 Å². The number of hydrogen-bond acceptors (Lipinski definition) is 5. The van der Waals surface area contributed by atoms with E-state index >= 15 is 0 Å². The SMILES string of the molecule is CC1(C)CC(OCOCCCCCCCCCOO)CC(C)(C)N1. The second-order valence-electron chi connectivity index (χ2n) is 8.42. The zero-order valence-electron chi connectivity index (χ0n) is 16.2. The van der Waals surface area contributed by atoms with Gasteiger partial charge >= 0.3 is 0 Å². The Bertz CT molecular complexity index is 304. The summed E-state index contributed by atoms with van der Waals surface area (Å²) < 4.78 is 11.6. The van der Waals surface area contributed by atoms with E-state index in [4.69, 9.17) is 14.7 Å². The van der Waals surface area contributed by atoms with Crippen molar-refractivity contribution in [1.82, 2.24) is 5.32 Å². The van der Waals surface area contributed by atoms with Gasteiger partial charge in [-0.1, -0.05) is 32.1 Å². The summed E-state index contributed by atoms with van der Waals surface area (Å²) in [5, 5.41) is 11.9. The van der Waals surface area contributed by atoms with E-state index in [-0.39, 0.29) is 17.2 Å². The molecule has 1 heterocycles. The van der Waals surface area contributed by atoms with E-state index in [0.29, 0.717) is 13.4 Å². The summed E-state index contributed by atoms with van der Waals surface area (Å²) in [6, 6.07) is 0. The Morgan fingerprint density at radius 3 is 1.88 bits per heavy atom. The van der Waals surface area contributed by atoms with Crippen molar-refractivity contribution in [2.24, 2.45) is 0 Å². The summed E-state index contributed by atoms with van der Waals surface area (Å²) in [6.45, 7) is 10.6. The fraction of sp³-hybridized carbons (Fsp3) is 1.00. The molecule has 0 saturated carbocycles. The zero-order chi connectivity index (χ0) is 17.9. The molecule has 0 unspecified atom stereocenters. The number of piperidine rings is 1. The highest BCUT2D eigenvalue weighted by molar-refractivity contribution is 4.97. The third-order valence-corrected chi connectivity index (χ3v) is 4.56. The molecule has 1 aliphatic heterocycles. The Morgan fingerprint density at radius 1 is 0.833 bits per heavy atom. The maximum absolute atomic E-state index is 8.22. The molecule has 0 aromatic heterocycles. The van der Waals surface area contributed by atoms with Crippen LogP contribution in [0.3, 0.4) is 0 Å². The molecule has 0 amide bonds. The van der Waals surface area contributed by atoms with E-state index in [0.717, 1.165) is 38.7 Å². The lowest BCUT2D eigenvalue weighted by Crippen LogP contribution is -2.59. The van der Waals surface area contributed by atoms with Crippen LogP contribution in [-0.4, -0.2) is 42.4 Å². The summed E-state index contributed by atoms with van der Waals surface area (Å²) in [4.78, 5) is 4.06. The highest BCUT2D eigenvalue weighted by Gasteiger charge is 2.38. The van der Waals surface area contributed by atoms with Gasteiger partial charge in [-0.15, -0.1) is 0 Å². The predicted molar refractivity (Wildman–Crippen MR) is 97.1 cm³/mol. The molecule has 5 nitrogen and oxygen atoms in total. The van der Waals surface area contributed by atoms with Crippen LogP contribution in [0.2, 0.25) is 0 Å². The summed E-state index contributed by atoms with van der Waals surface area (Å²) >= 11 is 0. The van der Waals surface area contributed by atoms with Crippen LogP contribution in [0.5, 0.6) is 0 Å². The maximum Gasteiger partial charge on any atom is 0.147 e. The van der Waals surface area contributed by atoms with E-state index in [1.54, 1.807) is 0 Å². The molecule has 1 aliphatic rings. The number of hydrogen-bond donors (Lipinski definition) is 2. The molecule has 2 N–H and O–H groups in total. The molecule has 0 aromatic rings. The number of unbranched alkanes of at least 4 members (excludes halogenated alkanes) is 6. The van der Waals surface area contributed by atoms with Gasteiger partial charge in [0.25, 0.3) is 0 Å². The molecule has 0 aromatic carbocycles. The van der Waals surface area contributed by atoms with Gasteiger partial charge in [-0.05, 0) is 53.4 Å². The van der Waals surface area contributed by atoms with Gasteiger partial charge in [-0.25, -0.2) is 4.89 Å². The fourth-order valence-electron chi connectivity index (χ4n) is 3.80. The minimum absolute atomic E-state index is 0.121. The Balaban J connectivity index is 1.93. The van der Waals surface area contributed by atoms with Crippen LogP contribution in [0, 0.1) is 0 Å². The second-order valence-corrected chi connectivity index (χ2v) is 8.42. The van der Waals surface area contributed by atoms with E-state index in [9.17, 15) is 0 Å². The lowest BCUT2D eigenvalue weighted by Gasteiger charge is -2.46. The molecule has 0 radical (unpaired) electrons. The molecule has 0 bridgehead atoms. The first-order chi connectivity index (χ1) is 11.3. The number of nitrogens with one attached hydrogen (secondary N) is 1. The molecule has 0 atom stereocenters. The van der Waals surface area contributed by atoms with E-state index in [2.05, 4.69) is 37.9 Å². The molecular formula is C19H39NO4. The Morgan fingerprint density at radius 2 is 1.33 bits per heavy atom. The van der Waals surface area contributed by atoms with Crippen molar-refractivity contribution in [2.45, 2.75) is 103 Å². The van der Waals surface area contributed by atoms with Gasteiger partial charge in [0.1, 0.15) is 6.79 Å². The van der Waals surface area contributed by atoms with E-state index in [1.807, 2.05) is 0 Å².